The number of aliphatic hydroxyl groups is 5. The Morgan fingerprint density at radius 2 is 0.911 bits per heavy atom. The van der Waals surface area contributed by atoms with Crippen molar-refractivity contribution in [2.75, 3.05) is 13.2 Å². The van der Waals surface area contributed by atoms with Crippen molar-refractivity contribution in [1.29, 1.82) is 0 Å². The monoisotopic (exact) mass is 1100 g/mol. The Hall–Kier alpha value is -3.94. The van der Waals surface area contributed by atoms with Crippen molar-refractivity contribution < 1.29 is 49.3 Å². The Morgan fingerprint density at radius 1 is 0.506 bits per heavy atom. The molecule has 0 bridgehead atoms. The molecule has 1 aliphatic heterocycles. The van der Waals surface area contributed by atoms with Crippen LogP contribution in [-0.4, -0.2) is 99.6 Å². The number of allylic oxidation sites excluding steroid dienone is 19. The number of nitrogens with one attached hydrogen (secondary N) is 1. The summed E-state index contributed by atoms with van der Waals surface area (Å²) in [6, 6.07) is -1.05. The first-order valence-electron chi connectivity index (χ1n) is 31.3. The summed E-state index contributed by atoms with van der Waals surface area (Å²) in [5.74, 6) is -1.24. The molecule has 1 saturated heterocycles. The van der Waals surface area contributed by atoms with Crippen molar-refractivity contribution in [2.24, 2.45) is 0 Å². The van der Waals surface area contributed by atoms with Crippen LogP contribution in [0, 0.1) is 0 Å². The van der Waals surface area contributed by atoms with Gasteiger partial charge in [-0.15, -0.1) is 0 Å². The van der Waals surface area contributed by atoms with Gasteiger partial charge in [-0.05, 0) is 109 Å². The van der Waals surface area contributed by atoms with Crippen LogP contribution in [0.5, 0.6) is 0 Å². The van der Waals surface area contributed by atoms with Crippen LogP contribution in [0.25, 0.3) is 0 Å². The number of hydrogen-bond donors (Lipinski definition) is 6. The molecule has 11 nitrogen and oxygen atoms in total. The van der Waals surface area contributed by atoms with Gasteiger partial charge in [0.25, 0.3) is 0 Å². The van der Waals surface area contributed by atoms with Gasteiger partial charge in [-0.2, -0.15) is 0 Å². The molecular formula is C68H113NO10. The van der Waals surface area contributed by atoms with Gasteiger partial charge in [0, 0.05) is 6.42 Å². The lowest BCUT2D eigenvalue weighted by Crippen LogP contribution is -2.61. The molecule has 0 aromatic carbocycles. The number of ether oxygens (including phenoxy) is 3. The first-order valence-corrected chi connectivity index (χ1v) is 31.3. The van der Waals surface area contributed by atoms with E-state index in [-0.39, 0.29) is 19.4 Å². The third-order valence-corrected chi connectivity index (χ3v) is 13.9. The maximum absolute atomic E-state index is 13.4. The molecule has 0 saturated carbocycles. The van der Waals surface area contributed by atoms with Crippen LogP contribution in [0.3, 0.4) is 0 Å². The molecule has 1 fully saturated rings. The Morgan fingerprint density at radius 3 is 1.37 bits per heavy atom. The van der Waals surface area contributed by atoms with E-state index in [0.29, 0.717) is 12.8 Å². The highest BCUT2D eigenvalue weighted by Crippen LogP contribution is 2.26. The van der Waals surface area contributed by atoms with E-state index >= 15 is 0 Å². The van der Waals surface area contributed by atoms with E-state index in [1.54, 1.807) is 6.08 Å². The number of carbonyl (C=O) groups excluding carboxylic acids is 2. The van der Waals surface area contributed by atoms with Crippen molar-refractivity contribution in [1.82, 2.24) is 5.32 Å². The molecular weight excluding hydrogens is 991 g/mol. The van der Waals surface area contributed by atoms with Crippen molar-refractivity contribution in [2.45, 2.75) is 282 Å². The van der Waals surface area contributed by atoms with Gasteiger partial charge in [-0.3, -0.25) is 9.59 Å². The van der Waals surface area contributed by atoms with Gasteiger partial charge in [0.05, 0.1) is 25.4 Å². The third-order valence-electron chi connectivity index (χ3n) is 13.9. The predicted octanol–water partition coefficient (Wildman–Crippen LogP) is 15.1. The summed E-state index contributed by atoms with van der Waals surface area (Å²) in [6.45, 7) is 5.52. The second-order valence-corrected chi connectivity index (χ2v) is 21.0. The SMILES string of the molecule is CC/C=C\C/C=C\C/C=C\C/C=C\C/C=C\C/C=C\CCCCCCCC(O)C(=O)NC(COC1OC(CO)C(O)C(O)C1OC(=O)CCCCCC/C=C/C/C=C/C/C=C/CC)C(O)/C=C/CCCCCCCCCCCC. The fourth-order valence-corrected chi connectivity index (χ4v) is 8.96. The maximum Gasteiger partial charge on any atom is 0.306 e. The highest BCUT2D eigenvalue weighted by molar-refractivity contribution is 5.80. The average molecular weight is 1100 g/mol. The minimum atomic E-state index is -1.63. The molecule has 1 heterocycles. The molecule has 8 unspecified atom stereocenters. The van der Waals surface area contributed by atoms with Crippen LogP contribution in [0.2, 0.25) is 0 Å². The number of unbranched alkanes of at least 4 members (excludes halogenated alkanes) is 19. The fourth-order valence-electron chi connectivity index (χ4n) is 8.96. The first-order chi connectivity index (χ1) is 38.7. The lowest BCUT2D eigenvalue weighted by molar-refractivity contribution is -0.305. The molecule has 79 heavy (non-hydrogen) atoms. The van der Waals surface area contributed by atoms with Gasteiger partial charge >= 0.3 is 5.97 Å². The van der Waals surface area contributed by atoms with E-state index < -0.39 is 67.4 Å². The highest BCUT2D eigenvalue weighted by atomic mass is 16.7. The minimum absolute atomic E-state index is 0.0893. The topological polar surface area (TPSA) is 175 Å². The average Bonchev–Trinajstić information content (AvgIpc) is 3.46. The van der Waals surface area contributed by atoms with E-state index in [2.05, 4.69) is 135 Å². The number of amides is 1. The molecule has 0 radical (unpaired) electrons. The largest absolute Gasteiger partial charge is 0.454 e. The van der Waals surface area contributed by atoms with Gasteiger partial charge < -0.3 is 45.1 Å². The van der Waals surface area contributed by atoms with Crippen molar-refractivity contribution in [3.05, 3.63) is 122 Å². The van der Waals surface area contributed by atoms with E-state index in [1.165, 1.54) is 44.9 Å². The van der Waals surface area contributed by atoms with Gasteiger partial charge in [-0.1, -0.05) is 239 Å². The molecule has 450 valence electrons. The second-order valence-electron chi connectivity index (χ2n) is 21.0. The zero-order valence-corrected chi connectivity index (χ0v) is 49.7. The molecule has 0 aliphatic carbocycles. The molecule has 1 rings (SSSR count). The molecule has 0 aromatic rings. The summed E-state index contributed by atoms with van der Waals surface area (Å²) in [6.07, 6.45) is 65.2. The van der Waals surface area contributed by atoms with Crippen LogP contribution < -0.4 is 5.32 Å². The van der Waals surface area contributed by atoms with Crippen molar-refractivity contribution in [3.8, 4) is 0 Å². The molecule has 1 aliphatic rings. The first kappa shape index (κ1) is 73.1. The standard InChI is InChI=1S/C68H113NO10/c1-4-7-10-13-16-19-22-25-27-28-29-30-31-32-33-34-35-36-37-40-43-46-49-52-55-61(72)67(76)69-59(60(71)54-51-48-45-42-39-24-21-18-15-12-9-6-3)58-77-68-66(65(75)64(74)62(57-70)78-68)79-63(73)56-53-50-47-44-41-38-26-23-20-17-14-11-8-5-2/h7-8,10-11,16-17,19-20,25-27,29-30,32-33,35-36,38,51,54,59-62,64-66,68,70-72,74-75H,4-6,9,12-15,18,21-24,28,31,34,37,39-50,52-53,55-58H2,1-3H3,(H,69,76)/b10-7-,11-8+,19-16-,20-17+,27-25-,30-29-,33-32-,36-35-,38-26+,54-51+. The summed E-state index contributed by atoms with van der Waals surface area (Å²) in [7, 11) is 0. The van der Waals surface area contributed by atoms with E-state index in [1.807, 2.05) is 6.08 Å². The molecule has 6 N–H and O–H groups in total. The van der Waals surface area contributed by atoms with E-state index in [4.69, 9.17) is 14.2 Å². The second kappa shape index (κ2) is 54.6. The number of aliphatic hydroxyl groups excluding tert-OH is 5. The maximum atomic E-state index is 13.4. The Balaban J connectivity index is 2.68. The summed E-state index contributed by atoms with van der Waals surface area (Å²) < 4.78 is 17.6. The highest BCUT2D eigenvalue weighted by Gasteiger charge is 2.47. The van der Waals surface area contributed by atoms with Crippen LogP contribution >= 0.6 is 0 Å². The van der Waals surface area contributed by atoms with Crippen LogP contribution in [-0.2, 0) is 23.8 Å². The van der Waals surface area contributed by atoms with Crippen LogP contribution in [0.4, 0.5) is 0 Å². The van der Waals surface area contributed by atoms with Crippen molar-refractivity contribution >= 4 is 11.9 Å². The number of hydrogen-bond acceptors (Lipinski definition) is 10. The molecule has 1 amide bonds. The van der Waals surface area contributed by atoms with E-state index in [0.717, 1.165) is 141 Å². The van der Waals surface area contributed by atoms with E-state index in [9.17, 15) is 35.1 Å². The fraction of sp³-hybridized carbons (Fsp3) is 0.676. The van der Waals surface area contributed by atoms with Crippen LogP contribution in [0.15, 0.2) is 122 Å². The van der Waals surface area contributed by atoms with Crippen LogP contribution in [0.1, 0.15) is 233 Å². The Kier molecular flexibility index (Phi) is 50.5. The van der Waals surface area contributed by atoms with Gasteiger partial charge in [0.15, 0.2) is 12.4 Å². The molecule has 0 spiro atoms. The summed E-state index contributed by atoms with van der Waals surface area (Å²) in [5.41, 5.74) is 0. The number of carbonyl (C=O) groups is 2. The smallest absolute Gasteiger partial charge is 0.306 e. The molecule has 8 atom stereocenters. The predicted molar refractivity (Wildman–Crippen MR) is 328 cm³/mol. The Bertz CT molecular complexity index is 1740. The number of rotatable bonds is 51. The zero-order valence-electron chi connectivity index (χ0n) is 49.7. The lowest BCUT2D eigenvalue weighted by Gasteiger charge is -2.41. The summed E-state index contributed by atoms with van der Waals surface area (Å²) >= 11 is 0. The number of esters is 1. The quantitative estimate of drug-likeness (QED) is 0.0195. The third kappa shape index (κ3) is 42.6. The van der Waals surface area contributed by atoms with Gasteiger partial charge in [0.2, 0.25) is 5.91 Å². The summed E-state index contributed by atoms with van der Waals surface area (Å²) in [5, 5.41) is 57.0. The van der Waals surface area contributed by atoms with Gasteiger partial charge in [-0.25, -0.2) is 0 Å². The zero-order chi connectivity index (χ0) is 57.5. The molecule has 11 heteroatoms. The summed E-state index contributed by atoms with van der Waals surface area (Å²) in [4.78, 5) is 26.5. The van der Waals surface area contributed by atoms with Crippen molar-refractivity contribution in [3.63, 3.8) is 0 Å². The molecule has 0 aromatic heterocycles. The normalized spacial score (nSPS) is 19.7. The van der Waals surface area contributed by atoms with Gasteiger partial charge in [0.1, 0.15) is 24.4 Å². The minimum Gasteiger partial charge on any atom is -0.454 e. The Labute approximate surface area is 480 Å². The lowest BCUT2D eigenvalue weighted by atomic mass is 9.99.